The van der Waals surface area contributed by atoms with Crippen molar-refractivity contribution in [2.24, 2.45) is 11.8 Å². The summed E-state index contributed by atoms with van der Waals surface area (Å²) < 4.78 is -1.57. The molecule has 208 valence electrons. The lowest BCUT2D eigenvalue weighted by atomic mass is 9.74. The first-order chi connectivity index (χ1) is 19.2. The van der Waals surface area contributed by atoms with Crippen LogP contribution < -0.4 is 9.80 Å². The van der Waals surface area contributed by atoms with Crippen LogP contribution in [0, 0.1) is 25.7 Å². The number of para-hydroxylation sites is 1. The van der Waals surface area contributed by atoms with Crippen molar-refractivity contribution >= 4 is 40.9 Å². The van der Waals surface area contributed by atoms with Crippen LogP contribution >= 0.6 is 11.8 Å². The molecule has 0 radical (unpaired) electrons. The summed E-state index contributed by atoms with van der Waals surface area (Å²) in [4.78, 5) is 48.6. The van der Waals surface area contributed by atoms with Gasteiger partial charge in [0, 0.05) is 42.4 Å². The monoisotopic (exact) mass is 557 g/mol. The van der Waals surface area contributed by atoms with Crippen molar-refractivity contribution in [1.82, 2.24) is 4.90 Å². The van der Waals surface area contributed by atoms with E-state index in [4.69, 9.17) is 0 Å². The number of hydrogen-bond acceptors (Lipinski definition) is 5. The van der Waals surface area contributed by atoms with Gasteiger partial charge in [-0.2, -0.15) is 0 Å². The van der Waals surface area contributed by atoms with Gasteiger partial charge in [0.05, 0.1) is 16.6 Å². The fourth-order valence-corrected chi connectivity index (χ4v) is 9.23. The largest absolute Gasteiger partial charge is 0.396 e. The van der Waals surface area contributed by atoms with E-state index >= 15 is 0 Å². The second kappa shape index (κ2) is 9.93. The Hall–Kier alpha value is -3.36. The second-order valence-electron chi connectivity index (χ2n) is 11.4. The number of nitrogens with zero attached hydrogens (tertiary/aromatic N) is 3. The fraction of sp³-hybridized carbons (Fsp3) is 0.406. The van der Waals surface area contributed by atoms with Crippen molar-refractivity contribution in [3.63, 3.8) is 0 Å². The maximum atomic E-state index is 14.6. The molecule has 2 aromatic rings. The second-order valence-corrected chi connectivity index (χ2v) is 13.2. The Morgan fingerprint density at radius 1 is 0.900 bits per heavy atom. The van der Waals surface area contributed by atoms with Gasteiger partial charge in [-0.3, -0.25) is 14.4 Å². The van der Waals surface area contributed by atoms with Crippen LogP contribution in [0.5, 0.6) is 0 Å². The Morgan fingerprint density at radius 2 is 1.62 bits per heavy atom. The van der Waals surface area contributed by atoms with Crippen LogP contribution in [-0.4, -0.2) is 69.5 Å². The SMILES string of the molecule is Cc1ccc(C)c(N2CC=C[C@]34S[C@]5(C)C=CCN(c6ccccc6)C(=O)[C@@H]5[C@H]3C(=O)N(CCCO)C4C2=O)c1. The van der Waals surface area contributed by atoms with E-state index in [-0.39, 0.29) is 30.9 Å². The first-order valence-electron chi connectivity index (χ1n) is 13.9. The highest BCUT2D eigenvalue weighted by Crippen LogP contribution is 2.65. The van der Waals surface area contributed by atoms with Gasteiger partial charge >= 0.3 is 0 Å². The van der Waals surface area contributed by atoms with Crippen molar-refractivity contribution in [2.75, 3.05) is 36.0 Å². The molecule has 4 heterocycles. The number of aliphatic hydroxyl groups is 1. The molecule has 0 bridgehead atoms. The summed E-state index contributed by atoms with van der Waals surface area (Å²) in [5, 5.41) is 9.67. The predicted octanol–water partition coefficient (Wildman–Crippen LogP) is 3.88. The summed E-state index contributed by atoms with van der Waals surface area (Å²) in [5.74, 6) is -1.77. The van der Waals surface area contributed by atoms with Gasteiger partial charge < -0.3 is 19.8 Å². The van der Waals surface area contributed by atoms with Crippen molar-refractivity contribution in [3.8, 4) is 0 Å². The number of fused-ring (bicyclic) bond motifs is 2. The molecule has 4 aliphatic heterocycles. The summed E-state index contributed by atoms with van der Waals surface area (Å²) in [6.45, 7) is 7.01. The molecular formula is C32H35N3O4S. The average Bonchev–Trinajstić information content (AvgIpc) is 3.20. The molecule has 1 N–H and O–H groups in total. The smallest absolute Gasteiger partial charge is 0.251 e. The minimum atomic E-state index is -0.908. The van der Waals surface area contributed by atoms with Crippen molar-refractivity contribution < 1.29 is 19.5 Å². The zero-order valence-electron chi connectivity index (χ0n) is 23.1. The van der Waals surface area contributed by atoms with Crippen LogP contribution in [0.1, 0.15) is 24.5 Å². The van der Waals surface area contributed by atoms with E-state index in [0.29, 0.717) is 19.5 Å². The van der Waals surface area contributed by atoms with Gasteiger partial charge in [0.2, 0.25) is 11.8 Å². The van der Waals surface area contributed by atoms with E-state index < -0.39 is 27.4 Å². The molecule has 40 heavy (non-hydrogen) atoms. The minimum absolute atomic E-state index is 0.0867. The third kappa shape index (κ3) is 3.95. The highest BCUT2D eigenvalue weighted by molar-refractivity contribution is 8.02. The lowest BCUT2D eigenvalue weighted by molar-refractivity contribution is -0.139. The molecule has 8 heteroatoms. The van der Waals surface area contributed by atoms with E-state index in [2.05, 4.69) is 6.08 Å². The molecule has 0 saturated carbocycles. The van der Waals surface area contributed by atoms with Gasteiger partial charge in [-0.1, -0.05) is 54.6 Å². The Bertz CT molecular complexity index is 1420. The van der Waals surface area contributed by atoms with Gasteiger partial charge in [0.15, 0.2) is 0 Å². The van der Waals surface area contributed by atoms with Gasteiger partial charge in [-0.05, 0) is 56.5 Å². The highest BCUT2D eigenvalue weighted by atomic mass is 32.2. The summed E-state index contributed by atoms with van der Waals surface area (Å²) >= 11 is 1.58. The zero-order chi connectivity index (χ0) is 28.2. The number of likely N-dealkylation sites (tertiary alicyclic amines) is 1. The van der Waals surface area contributed by atoms with E-state index in [1.54, 1.807) is 26.5 Å². The summed E-state index contributed by atoms with van der Waals surface area (Å²) in [5.41, 5.74) is 3.66. The number of aryl methyl sites for hydroxylation is 2. The van der Waals surface area contributed by atoms with Crippen LogP contribution in [0.3, 0.4) is 0 Å². The molecular weight excluding hydrogens is 522 g/mol. The summed E-state index contributed by atoms with van der Waals surface area (Å²) in [6, 6.07) is 14.8. The highest BCUT2D eigenvalue weighted by Gasteiger charge is 2.74. The predicted molar refractivity (Wildman–Crippen MR) is 158 cm³/mol. The molecule has 0 aromatic heterocycles. The van der Waals surface area contributed by atoms with Crippen molar-refractivity contribution in [3.05, 3.63) is 84.0 Å². The molecule has 2 saturated heterocycles. The maximum absolute atomic E-state index is 14.6. The molecule has 2 aromatic carbocycles. The molecule has 4 aliphatic rings. The zero-order valence-corrected chi connectivity index (χ0v) is 23.9. The number of anilines is 2. The number of hydrogen-bond donors (Lipinski definition) is 1. The Balaban J connectivity index is 1.48. The van der Waals surface area contributed by atoms with Crippen LogP contribution in [-0.2, 0) is 14.4 Å². The van der Waals surface area contributed by atoms with Crippen LogP contribution in [0.15, 0.2) is 72.8 Å². The van der Waals surface area contributed by atoms with E-state index in [9.17, 15) is 19.5 Å². The molecule has 6 rings (SSSR count). The third-order valence-electron chi connectivity index (χ3n) is 8.84. The number of aliphatic hydroxyl groups excluding tert-OH is 1. The van der Waals surface area contributed by atoms with Crippen LogP contribution in [0.2, 0.25) is 0 Å². The normalized spacial score (nSPS) is 31.2. The topological polar surface area (TPSA) is 81.2 Å². The van der Waals surface area contributed by atoms with E-state index in [0.717, 1.165) is 22.5 Å². The Morgan fingerprint density at radius 3 is 2.38 bits per heavy atom. The number of amides is 3. The molecule has 7 nitrogen and oxygen atoms in total. The van der Waals surface area contributed by atoms with Crippen LogP contribution in [0.25, 0.3) is 0 Å². The molecule has 1 unspecified atom stereocenters. The molecule has 5 atom stereocenters. The van der Waals surface area contributed by atoms with E-state index in [1.165, 1.54) is 0 Å². The number of rotatable bonds is 5. The number of thioether (sulfide) groups is 1. The lowest BCUT2D eigenvalue weighted by Gasteiger charge is -2.37. The number of carbonyl (C=O) groups is 3. The van der Waals surface area contributed by atoms with Gasteiger partial charge in [-0.25, -0.2) is 0 Å². The quantitative estimate of drug-likeness (QED) is 0.565. The summed E-state index contributed by atoms with van der Waals surface area (Å²) in [7, 11) is 0. The maximum Gasteiger partial charge on any atom is 0.251 e. The van der Waals surface area contributed by atoms with Crippen LogP contribution in [0.4, 0.5) is 11.4 Å². The van der Waals surface area contributed by atoms with Gasteiger partial charge in [0.1, 0.15) is 6.04 Å². The first-order valence-corrected chi connectivity index (χ1v) is 14.8. The first kappa shape index (κ1) is 26.8. The van der Waals surface area contributed by atoms with Gasteiger partial charge in [-0.15, -0.1) is 11.8 Å². The minimum Gasteiger partial charge on any atom is -0.396 e. The average molecular weight is 558 g/mol. The van der Waals surface area contributed by atoms with Crippen molar-refractivity contribution in [1.29, 1.82) is 0 Å². The molecule has 0 aliphatic carbocycles. The number of carbonyl (C=O) groups excluding carboxylic acids is 3. The molecule has 3 amide bonds. The van der Waals surface area contributed by atoms with Crippen molar-refractivity contribution in [2.45, 2.75) is 42.7 Å². The number of benzene rings is 2. The Kier molecular flexibility index (Phi) is 6.66. The fourth-order valence-electron chi connectivity index (χ4n) is 7.07. The summed E-state index contributed by atoms with van der Waals surface area (Å²) in [6.07, 6.45) is 8.50. The molecule has 1 spiro atoms. The Labute approximate surface area is 239 Å². The lowest BCUT2D eigenvalue weighted by Crippen LogP contribution is -2.53. The molecule has 2 fully saturated rings. The third-order valence-corrected chi connectivity index (χ3v) is 10.6. The van der Waals surface area contributed by atoms with Gasteiger partial charge in [0.25, 0.3) is 5.91 Å². The standard InChI is InChI=1S/C32H35N3O4S/c1-21-12-13-22(2)24(20-21)34-17-8-15-32-26(29(38)35(18-9-19-36)27(32)30(34)39)25-28(37)33(23-10-5-4-6-11-23)16-7-14-31(25,3)40-32/h4-8,10-15,20,25-27,36H,9,16-19H2,1-3H3/t25-,26-,27?,31+,32-/m0/s1. The van der Waals surface area contributed by atoms with E-state index in [1.807, 2.05) is 87.5 Å².